The average Bonchev–Trinajstić information content (AvgIpc) is 2.40. The summed E-state index contributed by atoms with van der Waals surface area (Å²) in [5, 5.41) is 2.47. The van der Waals surface area contributed by atoms with Crippen LogP contribution in [0, 0.1) is 0 Å². The number of oxazole rings is 1. The smallest absolute Gasteiger partial charge is 0.227 e. The van der Waals surface area contributed by atoms with Gasteiger partial charge in [-0.2, -0.15) is 0 Å². The SMILES string of the molecule is NCCC(=O)Nc1cnco1. The van der Waals surface area contributed by atoms with Crippen LogP contribution in [0.2, 0.25) is 0 Å². The van der Waals surface area contributed by atoms with Gasteiger partial charge in [-0.25, -0.2) is 4.98 Å². The molecule has 11 heavy (non-hydrogen) atoms. The lowest BCUT2D eigenvalue weighted by molar-refractivity contribution is -0.116. The second kappa shape index (κ2) is 3.72. The fourth-order valence-electron chi connectivity index (χ4n) is 0.609. The molecule has 0 saturated heterocycles. The van der Waals surface area contributed by atoms with Gasteiger partial charge in [0.2, 0.25) is 11.8 Å². The zero-order valence-corrected chi connectivity index (χ0v) is 5.91. The molecule has 1 aromatic rings. The summed E-state index contributed by atoms with van der Waals surface area (Å²) in [7, 11) is 0. The molecule has 0 aliphatic heterocycles. The Morgan fingerprint density at radius 3 is 3.18 bits per heavy atom. The number of nitrogens with two attached hydrogens (primary N) is 1. The molecule has 0 aromatic carbocycles. The predicted octanol–water partition coefficient (Wildman–Crippen LogP) is -0.0381. The van der Waals surface area contributed by atoms with Crippen molar-refractivity contribution in [3.8, 4) is 0 Å². The van der Waals surface area contributed by atoms with Crippen molar-refractivity contribution in [3.63, 3.8) is 0 Å². The standard InChI is InChI=1S/C6H9N3O2/c7-2-1-5(10)9-6-3-8-4-11-6/h3-4H,1-2,7H2,(H,9,10). The normalized spacial score (nSPS) is 9.55. The van der Waals surface area contributed by atoms with E-state index in [1.54, 1.807) is 0 Å². The van der Waals surface area contributed by atoms with Crippen molar-refractivity contribution < 1.29 is 9.21 Å². The quantitative estimate of drug-likeness (QED) is 0.641. The van der Waals surface area contributed by atoms with Crippen LogP contribution in [0.25, 0.3) is 0 Å². The van der Waals surface area contributed by atoms with Crippen LogP contribution in [-0.2, 0) is 4.79 Å². The van der Waals surface area contributed by atoms with E-state index in [-0.39, 0.29) is 5.91 Å². The minimum atomic E-state index is -0.163. The van der Waals surface area contributed by atoms with Crippen molar-refractivity contribution in [1.29, 1.82) is 0 Å². The van der Waals surface area contributed by atoms with Crippen LogP contribution in [0.15, 0.2) is 17.0 Å². The second-order valence-corrected chi connectivity index (χ2v) is 1.95. The van der Waals surface area contributed by atoms with Crippen LogP contribution < -0.4 is 11.1 Å². The molecule has 1 heterocycles. The molecule has 0 saturated carbocycles. The number of aromatic nitrogens is 1. The number of amides is 1. The lowest BCUT2D eigenvalue weighted by Gasteiger charge is -1.96. The molecule has 60 valence electrons. The zero-order chi connectivity index (χ0) is 8.10. The Labute approximate surface area is 63.6 Å². The van der Waals surface area contributed by atoms with Crippen LogP contribution in [0.3, 0.4) is 0 Å². The third-order valence-corrected chi connectivity index (χ3v) is 1.07. The summed E-state index contributed by atoms with van der Waals surface area (Å²) in [6, 6.07) is 0. The maximum absolute atomic E-state index is 10.8. The van der Waals surface area contributed by atoms with Crippen LogP contribution >= 0.6 is 0 Å². The van der Waals surface area contributed by atoms with E-state index in [9.17, 15) is 4.79 Å². The fraction of sp³-hybridized carbons (Fsp3) is 0.333. The van der Waals surface area contributed by atoms with Crippen molar-refractivity contribution in [2.45, 2.75) is 6.42 Å². The summed E-state index contributed by atoms with van der Waals surface area (Å²) in [4.78, 5) is 14.5. The molecule has 1 rings (SSSR count). The highest BCUT2D eigenvalue weighted by molar-refractivity contribution is 5.89. The maximum atomic E-state index is 10.8. The zero-order valence-electron chi connectivity index (χ0n) is 5.91. The Morgan fingerprint density at radius 1 is 1.82 bits per heavy atom. The highest BCUT2D eigenvalue weighted by Gasteiger charge is 2.01. The number of carbonyl (C=O) groups excluding carboxylic acids is 1. The molecule has 0 bridgehead atoms. The lowest BCUT2D eigenvalue weighted by atomic mass is 10.4. The summed E-state index contributed by atoms with van der Waals surface area (Å²) in [5.41, 5.74) is 5.15. The number of nitrogens with zero attached hydrogens (tertiary/aromatic N) is 1. The van der Waals surface area contributed by atoms with E-state index in [1.807, 2.05) is 0 Å². The molecule has 0 aliphatic carbocycles. The Morgan fingerprint density at radius 2 is 2.64 bits per heavy atom. The number of carbonyl (C=O) groups is 1. The Balaban J connectivity index is 2.37. The number of nitrogens with one attached hydrogen (secondary N) is 1. The third kappa shape index (κ3) is 2.38. The van der Waals surface area contributed by atoms with E-state index >= 15 is 0 Å². The molecule has 5 nitrogen and oxygen atoms in total. The average molecular weight is 155 g/mol. The molecule has 0 radical (unpaired) electrons. The topological polar surface area (TPSA) is 81.2 Å². The lowest BCUT2D eigenvalue weighted by Crippen LogP contribution is -2.15. The van der Waals surface area contributed by atoms with Crippen LogP contribution in [0.4, 0.5) is 5.88 Å². The number of hydrogen-bond acceptors (Lipinski definition) is 4. The van der Waals surface area contributed by atoms with E-state index in [0.29, 0.717) is 18.8 Å². The maximum Gasteiger partial charge on any atom is 0.227 e. The molecule has 1 amide bonds. The molecule has 3 N–H and O–H groups in total. The van der Waals surface area contributed by atoms with E-state index in [0.717, 1.165) is 0 Å². The first kappa shape index (κ1) is 7.74. The van der Waals surface area contributed by atoms with E-state index < -0.39 is 0 Å². The van der Waals surface area contributed by atoms with Gasteiger partial charge in [0.05, 0.1) is 6.20 Å². The van der Waals surface area contributed by atoms with Gasteiger partial charge in [-0.05, 0) is 0 Å². The molecular weight excluding hydrogens is 146 g/mol. The molecule has 1 aromatic heterocycles. The summed E-state index contributed by atoms with van der Waals surface area (Å²) >= 11 is 0. The van der Waals surface area contributed by atoms with Gasteiger partial charge < -0.3 is 10.2 Å². The summed E-state index contributed by atoms with van der Waals surface area (Å²) in [6.07, 6.45) is 2.97. The van der Waals surface area contributed by atoms with E-state index in [4.69, 9.17) is 10.2 Å². The summed E-state index contributed by atoms with van der Waals surface area (Å²) in [6.45, 7) is 0.333. The highest BCUT2D eigenvalue weighted by Crippen LogP contribution is 2.03. The minimum Gasteiger partial charge on any atom is -0.428 e. The van der Waals surface area contributed by atoms with Gasteiger partial charge in [-0.3, -0.25) is 10.1 Å². The van der Waals surface area contributed by atoms with Gasteiger partial charge in [-0.1, -0.05) is 0 Å². The first-order valence-electron chi connectivity index (χ1n) is 3.21. The van der Waals surface area contributed by atoms with Crippen molar-refractivity contribution in [1.82, 2.24) is 4.98 Å². The van der Waals surface area contributed by atoms with Crippen molar-refractivity contribution in [2.24, 2.45) is 5.73 Å². The Hall–Kier alpha value is -1.36. The second-order valence-electron chi connectivity index (χ2n) is 1.95. The molecule has 5 heteroatoms. The van der Waals surface area contributed by atoms with Gasteiger partial charge in [0.15, 0.2) is 6.39 Å². The first-order valence-corrected chi connectivity index (χ1v) is 3.21. The summed E-state index contributed by atoms with van der Waals surface area (Å²) < 4.78 is 4.77. The van der Waals surface area contributed by atoms with Crippen LogP contribution in [-0.4, -0.2) is 17.4 Å². The molecule has 0 unspecified atom stereocenters. The summed E-state index contributed by atoms with van der Waals surface area (Å²) in [5.74, 6) is 0.188. The van der Waals surface area contributed by atoms with E-state index in [2.05, 4.69) is 10.3 Å². The van der Waals surface area contributed by atoms with Gasteiger partial charge in [0.25, 0.3) is 0 Å². The number of anilines is 1. The van der Waals surface area contributed by atoms with Gasteiger partial charge in [-0.15, -0.1) is 0 Å². The molecular formula is C6H9N3O2. The fourth-order valence-corrected chi connectivity index (χ4v) is 0.609. The largest absolute Gasteiger partial charge is 0.428 e. The van der Waals surface area contributed by atoms with Gasteiger partial charge >= 0.3 is 0 Å². The van der Waals surface area contributed by atoms with Crippen LogP contribution in [0.1, 0.15) is 6.42 Å². The first-order chi connectivity index (χ1) is 5.33. The Kier molecular flexibility index (Phi) is 2.62. The third-order valence-electron chi connectivity index (χ3n) is 1.07. The Bertz CT molecular complexity index is 220. The molecule has 0 spiro atoms. The van der Waals surface area contributed by atoms with Gasteiger partial charge in [0, 0.05) is 13.0 Å². The minimum absolute atomic E-state index is 0.163. The number of rotatable bonds is 3. The predicted molar refractivity (Wildman–Crippen MR) is 38.8 cm³/mol. The van der Waals surface area contributed by atoms with E-state index in [1.165, 1.54) is 12.6 Å². The molecule has 0 aliphatic rings. The molecule has 0 atom stereocenters. The van der Waals surface area contributed by atoms with Crippen molar-refractivity contribution in [2.75, 3.05) is 11.9 Å². The molecule has 0 fully saturated rings. The van der Waals surface area contributed by atoms with Gasteiger partial charge in [0.1, 0.15) is 0 Å². The van der Waals surface area contributed by atoms with Crippen molar-refractivity contribution >= 4 is 11.8 Å². The van der Waals surface area contributed by atoms with Crippen LogP contribution in [0.5, 0.6) is 0 Å². The monoisotopic (exact) mass is 155 g/mol. The number of hydrogen-bond donors (Lipinski definition) is 2. The van der Waals surface area contributed by atoms with Crippen molar-refractivity contribution in [3.05, 3.63) is 12.6 Å². The highest BCUT2D eigenvalue weighted by atomic mass is 16.4.